The number of halogens is 2. The standard InChI is InChI=1S/C26H22ClFN6O2/c1-16-5-8-23-22(9-16)31-25-34(23)12-26(13-36-25,17-3-2-4-18(28)10-17)32-24(35)20-7-6-19(11-21(20)27)33(14-29)15-30/h2-11,14-15,29-30H,12-13H2,1H3,(H,32,35). The van der Waals surface area contributed by atoms with Crippen molar-refractivity contribution in [1.82, 2.24) is 14.9 Å². The van der Waals surface area contributed by atoms with Crippen LogP contribution in [0, 0.1) is 23.6 Å². The summed E-state index contributed by atoms with van der Waals surface area (Å²) < 4.78 is 22.2. The third kappa shape index (κ3) is 4.07. The molecule has 0 saturated carbocycles. The number of amides is 1. The van der Waals surface area contributed by atoms with Crippen molar-refractivity contribution in [2.24, 2.45) is 0 Å². The number of imidazole rings is 1. The number of benzene rings is 3. The lowest BCUT2D eigenvalue weighted by Crippen LogP contribution is -2.55. The van der Waals surface area contributed by atoms with Gasteiger partial charge in [0.25, 0.3) is 11.9 Å². The predicted molar refractivity (Wildman–Crippen MR) is 137 cm³/mol. The van der Waals surface area contributed by atoms with Crippen LogP contribution in [-0.2, 0) is 12.1 Å². The Balaban J connectivity index is 1.55. The van der Waals surface area contributed by atoms with Gasteiger partial charge in [0.05, 0.1) is 40.8 Å². The molecule has 0 bridgehead atoms. The third-order valence-electron chi connectivity index (χ3n) is 6.25. The first-order valence-corrected chi connectivity index (χ1v) is 11.5. The highest BCUT2D eigenvalue weighted by Crippen LogP contribution is 2.35. The van der Waals surface area contributed by atoms with Crippen LogP contribution in [-0.4, -0.2) is 34.7 Å². The number of nitrogens with one attached hydrogen (secondary N) is 3. The minimum absolute atomic E-state index is 0.0373. The second-order valence-corrected chi connectivity index (χ2v) is 9.04. The summed E-state index contributed by atoms with van der Waals surface area (Å²) in [6.45, 7) is 2.28. The summed E-state index contributed by atoms with van der Waals surface area (Å²) in [5, 5.41) is 18.0. The van der Waals surface area contributed by atoms with E-state index < -0.39 is 17.3 Å². The smallest absolute Gasteiger partial charge is 0.297 e. The minimum Gasteiger partial charge on any atom is -0.462 e. The van der Waals surface area contributed by atoms with Gasteiger partial charge in [0, 0.05) is 5.69 Å². The van der Waals surface area contributed by atoms with Crippen molar-refractivity contribution in [3.8, 4) is 6.01 Å². The van der Waals surface area contributed by atoms with E-state index in [9.17, 15) is 9.18 Å². The number of carbonyl (C=O) groups is 1. The highest BCUT2D eigenvalue weighted by molar-refractivity contribution is 6.34. The van der Waals surface area contributed by atoms with Crippen LogP contribution >= 0.6 is 11.6 Å². The van der Waals surface area contributed by atoms with Crippen LogP contribution in [0.2, 0.25) is 5.02 Å². The molecule has 1 aromatic heterocycles. The van der Waals surface area contributed by atoms with E-state index in [1.807, 2.05) is 29.7 Å². The van der Waals surface area contributed by atoms with Gasteiger partial charge in [0.15, 0.2) is 0 Å². The van der Waals surface area contributed by atoms with Gasteiger partial charge in [0.1, 0.15) is 18.0 Å². The van der Waals surface area contributed by atoms with Crippen molar-refractivity contribution in [1.29, 1.82) is 10.8 Å². The average molecular weight is 505 g/mol. The molecule has 1 amide bonds. The summed E-state index contributed by atoms with van der Waals surface area (Å²) in [5.74, 6) is -0.904. The van der Waals surface area contributed by atoms with E-state index in [0.29, 0.717) is 17.3 Å². The molecule has 8 nitrogen and oxygen atoms in total. The minimum atomic E-state index is -1.11. The molecule has 1 aliphatic heterocycles. The molecular formula is C26H22ClFN6O2. The maximum atomic E-state index is 14.3. The number of ether oxygens (including phenoxy) is 1. The van der Waals surface area contributed by atoms with Gasteiger partial charge in [-0.3, -0.25) is 25.1 Å². The summed E-state index contributed by atoms with van der Waals surface area (Å²) in [7, 11) is 0. The van der Waals surface area contributed by atoms with E-state index in [4.69, 9.17) is 27.2 Å². The molecule has 1 atom stereocenters. The van der Waals surface area contributed by atoms with E-state index in [1.165, 1.54) is 29.2 Å². The number of aromatic nitrogens is 2. The number of nitrogens with zero attached hydrogens (tertiary/aromatic N) is 3. The Kier molecular flexibility index (Phi) is 5.93. The first-order valence-electron chi connectivity index (χ1n) is 11.1. The van der Waals surface area contributed by atoms with Gasteiger partial charge in [-0.1, -0.05) is 29.8 Å². The Morgan fingerprint density at radius 1 is 1.19 bits per heavy atom. The van der Waals surface area contributed by atoms with Crippen LogP contribution in [0.1, 0.15) is 21.5 Å². The predicted octanol–water partition coefficient (Wildman–Crippen LogP) is 4.88. The summed E-state index contributed by atoms with van der Waals surface area (Å²) in [4.78, 5) is 19.3. The Labute approximate surface area is 211 Å². The molecule has 0 saturated heterocycles. The largest absolute Gasteiger partial charge is 0.462 e. The van der Waals surface area contributed by atoms with Crippen LogP contribution in [0.3, 0.4) is 0 Å². The zero-order chi connectivity index (χ0) is 25.4. The van der Waals surface area contributed by atoms with E-state index in [1.54, 1.807) is 18.2 Å². The number of carbonyl (C=O) groups excluding carboxylic acids is 1. The monoisotopic (exact) mass is 504 g/mol. The third-order valence-corrected chi connectivity index (χ3v) is 6.56. The lowest BCUT2D eigenvalue weighted by Gasteiger charge is -2.39. The second-order valence-electron chi connectivity index (χ2n) is 8.64. The lowest BCUT2D eigenvalue weighted by atomic mass is 9.89. The average Bonchev–Trinajstić information content (AvgIpc) is 3.21. The van der Waals surface area contributed by atoms with Gasteiger partial charge in [-0.25, -0.2) is 4.39 Å². The Morgan fingerprint density at radius 3 is 2.72 bits per heavy atom. The van der Waals surface area contributed by atoms with E-state index >= 15 is 0 Å². The van der Waals surface area contributed by atoms with E-state index in [0.717, 1.165) is 29.3 Å². The molecule has 182 valence electrons. The van der Waals surface area contributed by atoms with Crippen molar-refractivity contribution in [3.63, 3.8) is 0 Å². The second kappa shape index (κ2) is 9.09. The number of hydrogen-bond donors (Lipinski definition) is 3. The fourth-order valence-electron chi connectivity index (χ4n) is 4.41. The van der Waals surface area contributed by atoms with Gasteiger partial charge in [-0.15, -0.1) is 0 Å². The lowest BCUT2D eigenvalue weighted by molar-refractivity contribution is 0.0729. The fourth-order valence-corrected chi connectivity index (χ4v) is 4.67. The quantitative estimate of drug-likeness (QED) is 0.257. The highest BCUT2D eigenvalue weighted by atomic mass is 35.5. The summed E-state index contributed by atoms with van der Waals surface area (Å²) in [6, 6.07) is 17.0. The Bertz CT molecular complexity index is 1510. The molecular weight excluding hydrogens is 483 g/mol. The molecule has 3 N–H and O–H groups in total. The fraction of sp³-hybridized carbons (Fsp3) is 0.154. The molecule has 0 spiro atoms. The molecule has 36 heavy (non-hydrogen) atoms. The van der Waals surface area contributed by atoms with Gasteiger partial charge in [-0.2, -0.15) is 4.98 Å². The molecule has 3 aromatic carbocycles. The number of fused-ring (bicyclic) bond motifs is 3. The summed E-state index contributed by atoms with van der Waals surface area (Å²) in [5.41, 5.74) is 2.77. The Morgan fingerprint density at radius 2 is 2.00 bits per heavy atom. The maximum Gasteiger partial charge on any atom is 0.297 e. The van der Waals surface area contributed by atoms with Crippen LogP contribution in [0.25, 0.3) is 11.0 Å². The van der Waals surface area contributed by atoms with E-state index in [2.05, 4.69) is 10.3 Å². The first kappa shape index (κ1) is 23.5. The van der Waals surface area contributed by atoms with Crippen molar-refractivity contribution >= 4 is 46.9 Å². The zero-order valence-electron chi connectivity index (χ0n) is 19.3. The van der Waals surface area contributed by atoms with Gasteiger partial charge in [0.2, 0.25) is 0 Å². The molecule has 0 radical (unpaired) electrons. The number of rotatable bonds is 6. The van der Waals surface area contributed by atoms with Crippen molar-refractivity contribution < 1.29 is 13.9 Å². The Hall–Kier alpha value is -4.24. The SMILES string of the molecule is Cc1ccc2c(c1)nc1n2CC(NC(=O)c2ccc(N(C=N)C=N)cc2Cl)(c2cccc(F)c2)CO1. The van der Waals surface area contributed by atoms with Crippen molar-refractivity contribution in [2.45, 2.75) is 19.0 Å². The van der Waals surface area contributed by atoms with Gasteiger partial charge < -0.3 is 10.1 Å². The van der Waals surface area contributed by atoms with E-state index in [-0.39, 0.29) is 23.7 Å². The maximum absolute atomic E-state index is 14.3. The van der Waals surface area contributed by atoms with Crippen LogP contribution in [0.15, 0.2) is 60.7 Å². The zero-order valence-corrected chi connectivity index (χ0v) is 20.0. The van der Waals surface area contributed by atoms with Crippen LogP contribution < -0.4 is 15.0 Å². The molecule has 0 fully saturated rings. The molecule has 1 aliphatic rings. The summed E-state index contributed by atoms with van der Waals surface area (Å²) >= 11 is 6.43. The first-order chi connectivity index (χ1) is 17.3. The number of anilines is 1. The normalized spacial score (nSPS) is 16.6. The van der Waals surface area contributed by atoms with Crippen LogP contribution in [0.4, 0.5) is 10.1 Å². The van der Waals surface area contributed by atoms with Crippen LogP contribution in [0.5, 0.6) is 6.01 Å². The molecule has 2 heterocycles. The molecule has 4 aromatic rings. The van der Waals surface area contributed by atoms with Gasteiger partial charge in [-0.05, 0) is 60.5 Å². The molecule has 1 unspecified atom stereocenters. The number of hydrogen-bond acceptors (Lipinski definition) is 5. The molecule has 5 rings (SSSR count). The summed E-state index contributed by atoms with van der Waals surface area (Å²) in [6.07, 6.45) is 1.93. The molecule has 10 heteroatoms. The highest BCUT2D eigenvalue weighted by Gasteiger charge is 2.41. The van der Waals surface area contributed by atoms with Crippen molar-refractivity contribution in [3.05, 3.63) is 88.2 Å². The topological polar surface area (TPSA) is 107 Å². The van der Waals surface area contributed by atoms with Gasteiger partial charge >= 0.3 is 0 Å². The number of aryl methyl sites for hydroxylation is 1. The molecule has 0 aliphatic carbocycles. The van der Waals surface area contributed by atoms with Crippen molar-refractivity contribution in [2.75, 3.05) is 11.5 Å².